The second-order valence-corrected chi connectivity index (χ2v) is 8.15. The average molecular weight is 423 g/mol. The van der Waals surface area contributed by atoms with Gasteiger partial charge in [0.15, 0.2) is 0 Å². The Morgan fingerprint density at radius 1 is 1.14 bits per heavy atom. The lowest BCUT2D eigenvalue weighted by Crippen LogP contribution is -2.45. The Bertz CT molecular complexity index is 842. The lowest BCUT2D eigenvalue weighted by atomic mass is 10.1. The number of azo groups is 1. The van der Waals surface area contributed by atoms with Crippen molar-refractivity contribution in [3.05, 3.63) is 60.2 Å². The predicted octanol–water partition coefficient (Wildman–Crippen LogP) is 4.28. The molecule has 0 saturated heterocycles. The average Bonchev–Trinajstić information content (AvgIpc) is 2.66. The predicted molar refractivity (Wildman–Crippen MR) is 110 cm³/mol. The van der Waals surface area contributed by atoms with Gasteiger partial charge >= 0.3 is 7.60 Å². The maximum Gasteiger partial charge on any atom is 0.325 e. The molecule has 0 aliphatic heterocycles. The number of nitrogens with zero attached hydrogens (tertiary/aromatic N) is 2. The molecule has 2 aromatic carbocycles. The van der Waals surface area contributed by atoms with Crippen LogP contribution in [0.2, 0.25) is 0 Å². The normalized spacial score (nSPS) is 15.7. The zero-order valence-electron chi connectivity index (χ0n) is 15.4. The van der Waals surface area contributed by atoms with E-state index in [0.717, 1.165) is 12.4 Å². The van der Waals surface area contributed by atoms with Gasteiger partial charge in [0, 0.05) is 12.2 Å². The highest BCUT2D eigenvalue weighted by Crippen LogP contribution is 2.38. The van der Waals surface area contributed by atoms with Gasteiger partial charge in [0.25, 0.3) is 5.91 Å². The topological polar surface area (TPSA) is 110 Å². The van der Waals surface area contributed by atoms with Crippen LogP contribution in [0.15, 0.2) is 64.8 Å². The fourth-order valence-electron chi connectivity index (χ4n) is 2.30. The zero-order valence-corrected chi connectivity index (χ0v) is 17.2. The van der Waals surface area contributed by atoms with Gasteiger partial charge in [-0.15, -0.1) is 0 Å². The quantitative estimate of drug-likeness (QED) is 0.241. The molecule has 28 heavy (non-hydrogen) atoms. The molecular formula is C18H22N3O5PS. The Balaban J connectivity index is 2.02. The number of rotatable bonds is 9. The van der Waals surface area contributed by atoms with Crippen LogP contribution in [0.4, 0.5) is 11.4 Å². The highest BCUT2D eigenvalue weighted by Gasteiger charge is 2.26. The van der Waals surface area contributed by atoms with E-state index in [0.29, 0.717) is 11.3 Å². The third-order valence-electron chi connectivity index (χ3n) is 3.67. The van der Waals surface area contributed by atoms with E-state index in [2.05, 4.69) is 28.5 Å². The molecule has 2 rings (SSSR count). The van der Waals surface area contributed by atoms with E-state index in [-0.39, 0.29) is 12.5 Å². The number of nitrogens with one attached hydrogen (secondary N) is 1. The molecule has 0 aromatic heterocycles. The zero-order chi connectivity index (χ0) is 20.6. The SMILES string of the molecule is CC(OP(C)(=O)O)C(COS)NC(=O)c1ccc(N=Nc2ccccc2)cc1. The van der Waals surface area contributed by atoms with Gasteiger partial charge < -0.3 is 18.9 Å². The van der Waals surface area contributed by atoms with Gasteiger partial charge in [-0.1, -0.05) is 18.2 Å². The number of carbonyl (C=O) groups is 1. The molecule has 2 N–H and O–H groups in total. The summed E-state index contributed by atoms with van der Waals surface area (Å²) in [7, 11) is -3.71. The lowest BCUT2D eigenvalue weighted by molar-refractivity contribution is 0.0824. The summed E-state index contributed by atoms with van der Waals surface area (Å²) in [6.07, 6.45) is -0.754. The molecule has 3 atom stereocenters. The van der Waals surface area contributed by atoms with Crippen molar-refractivity contribution in [1.82, 2.24) is 5.32 Å². The number of carbonyl (C=O) groups excluding carboxylic acids is 1. The Kier molecular flexibility index (Phi) is 8.35. The standard InChI is InChI=1S/C18H22N3O5PS/c1-13(26-27(2,23)24)17(12-25-28)19-18(22)14-8-10-16(11-9-14)21-20-15-6-4-3-5-7-15/h3-11,13,17,28H,12H2,1-2H3,(H,19,22)(H,23,24). The number of thiol groups is 1. The largest absolute Gasteiger partial charge is 0.344 e. The molecule has 0 spiro atoms. The van der Waals surface area contributed by atoms with Crippen molar-refractivity contribution < 1.29 is 23.0 Å². The molecule has 1 amide bonds. The molecule has 8 nitrogen and oxygen atoms in total. The third-order valence-corrected chi connectivity index (χ3v) is 4.54. The van der Waals surface area contributed by atoms with E-state index < -0.39 is 19.7 Å². The van der Waals surface area contributed by atoms with Crippen LogP contribution in [-0.4, -0.2) is 36.2 Å². The minimum absolute atomic E-state index is 0.000605. The van der Waals surface area contributed by atoms with E-state index >= 15 is 0 Å². The van der Waals surface area contributed by atoms with Gasteiger partial charge in [-0.3, -0.25) is 9.36 Å². The molecule has 2 aromatic rings. The van der Waals surface area contributed by atoms with Crippen LogP contribution in [0.25, 0.3) is 0 Å². The highest BCUT2D eigenvalue weighted by atomic mass is 32.1. The Morgan fingerprint density at radius 2 is 1.71 bits per heavy atom. The van der Waals surface area contributed by atoms with Crippen molar-refractivity contribution >= 4 is 37.8 Å². The van der Waals surface area contributed by atoms with Gasteiger partial charge in [-0.25, -0.2) is 0 Å². The molecule has 0 radical (unpaired) electrons. The summed E-state index contributed by atoms with van der Waals surface area (Å²) in [6.45, 7) is 2.64. The lowest BCUT2D eigenvalue weighted by Gasteiger charge is -2.25. The monoisotopic (exact) mass is 423 g/mol. The van der Waals surface area contributed by atoms with Crippen molar-refractivity contribution in [3.63, 3.8) is 0 Å². The summed E-state index contributed by atoms with van der Waals surface area (Å²) in [5.41, 5.74) is 1.71. The van der Waals surface area contributed by atoms with E-state index in [1.807, 2.05) is 30.3 Å². The van der Waals surface area contributed by atoms with Gasteiger partial charge in [0.1, 0.15) is 0 Å². The minimum Gasteiger partial charge on any atom is -0.344 e. The molecule has 0 saturated carbocycles. The Morgan fingerprint density at radius 3 is 2.25 bits per heavy atom. The Hall–Kier alpha value is -2.03. The molecule has 0 fully saturated rings. The smallest absolute Gasteiger partial charge is 0.325 e. The second kappa shape index (κ2) is 10.5. The van der Waals surface area contributed by atoms with Crippen molar-refractivity contribution in [1.29, 1.82) is 0 Å². The van der Waals surface area contributed by atoms with Crippen LogP contribution < -0.4 is 5.32 Å². The van der Waals surface area contributed by atoms with Crippen LogP contribution in [-0.2, 0) is 13.3 Å². The van der Waals surface area contributed by atoms with Crippen molar-refractivity contribution in [2.75, 3.05) is 13.3 Å². The van der Waals surface area contributed by atoms with Crippen molar-refractivity contribution in [2.45, 2.75) is 19.1 Å². The first kappa shape index (κ1) is 22.3. The van der Waals surface area contributed by atoms with Crippen LogP contribution in [0.5, 0.6) is 0 Å². The van der Waals surface area contributed by atoms with Gasteiger partial charge in [0.2, 0.25) is 0 Å². The number of amides is 1. The maximum absolute atomic E-state index is 12.5. The Labute approximate surface area is 169 Å². The minimum atomic E-state index is -3.71. The van der Waals surface area contributed by atoms with E-state index in [9.17, 15) is 14.3 Å². The maximum atomic E-state index is 12.5. The van der Waals surface area contributed by atoms with E-state index in [1.165, 1.54) is 0 Å². The molecule has 0 aliphatic rings. The van der Waals surface area contributed by atoms with E-state index in [1.54, 1.807) is 31.2 Å². The van der Waals surface area contributed by atoms with Crippen molar-refractivity contribution in [3.8, 4) is 0 Å². The molecule has 0 heterocycles. The van der Waals surface area contributed by atoms with Crippen LogP contribution in [0.1, 0.15) is 17.3 Å². The fraction of sp³-hybridized carbons (Fsp3) is 0.278. The summed E-state index contributed by atoms with van der Waals surface area (Å²) in [5, 5.41) is 10.9. The summed E-state index contributed by atoms with van der Waals surface area (Å²) >= 11 is 3.68. The molecular weight excluding hydrogens is 401 g/mol. The number of hydrogen-bond donors (Lipinski definition) is 3. The molecule has 0 aliphatic carbocycles. The van der Waals surface area contributed by atoms with Gasteiger partial charge in [0.05, 0.1) is 30.1 Å². The third kappa shape index (κ3) is 7.53. The van der Waals surface area contributed by atoms with Crippen LogP contribution in [0, 0.1) is 0 Å². The first-order valence-corrected chi connectivity index (χ1v) is 10.8. The summed E-state index contributed by atoms with van der Waals surface area (Å²) in [6, 6.07) is 15.2. The van der Waals surface area contributed by atoms with Crippen LogP contribution in [0.3, 0.4) is 0 Å². The molecule has 3 unspecified atom stereocenters. The fourth-order valence-corrected chi connectivity index (χ4v) is 3.22. The highest BCUT2D eigenvalue weighted by molar-refractivity contribution is 7.75. The number of hydrogen-bond acceptors (Lipinski definition) is 7. The summed E-state index contributed by atoms with van der Waals surface area (Å²) in [4.78, 5) is 21.8. The molecule has 150 valence electrons. The first-order chi connectivity index (χ1) is 13.3. The molecule has 10 heteroatoms. The van der Waals surface area contributed by atoms with Gasteiger partial charge in [-0.2, -0.15) is 10.2 Å². The van der Waals surface area contributed by atoms with E-state index in [4.69, 9.17) is 8.71 Å². The molecule has 0 bridgehead atoms. The van der Waals surface area contributed by atoms with Gasteiger partial charge in [-0.05, 0) is 56.2 Å². The summed E-state index contributed by atoms with van der Waals surface area (Å²) in [5.74, 6) is -0.388. The van der Waals surface area contributed by atoms with Crippen molar-refractivity contribution in [2.24, 2.45) is 10.2 Å². The first-order valence-electron chi connectivity index (χ1n) is 8.41. The summed E-state index contributed by atoms with van der Waals surface area (Å²) < 4.78 is 21.2. The second-order valence-electron chi connectivity index (χ2n) is 6.07. The van der Waals surface area contributed by atoms with Crippen LogP contribution >= 0.6 is 20.5 Å². The number of benzene rings is 2.